The molecular formula is C14H23N3O. The summed E-state index contributed by atoms with van der Waals surface area (Å²) in [5.41, 5.74) is 1.38. The maximum Gasteiger partial charge on any atom is 0.0796 e. The van der Waals surface area contributed by atoms with E-state index in [4.69, 9.17) is 4.74 Å². The molecule has 0 radical (unpaired) electrons. The molecule has 1 aromatic rings. The highest BCUT2D eigenvalue weighted by Crippen LogP contribution is 2.46. The summed E-state index contributed by atoms with van der Waals surface area (Å²) >= 11 is 0. The zero-order valence-electron chi connectivity index (χ0n) is 11.4. The molecule has 1 N–H and O–H groups in total. The minimum Gasteiger partial charge on any atom is -0.375 e. The fourth-order valence-electron chi connectivity index (χ4n) is 3.49. The zero-order valence-corrected chi connectivity index (χ0v) is 11.4. The van der Waals surface area contributed by atoms with E-state index in [0.29, 0.717) is 12.0 Å². The Balaban J connectivity index is 1.75. The van der Waals surface area contributed by atoms with Gasteiger partial charge < -0.3 is 10.1 Å². The Hall–Kier alpha value is -0.870. The number of aromatic nitrogens is 2. The van der Waals surface area contributed by atoms with Crippen molar-refractivity contribution in [3.63, 3.8) is 0 Å². The number of rotatable bonds is 3. The summed E-state index contributed by atoms with van der Waals surface area (Å²) < 4.78 is 7.90. The third-order valence-electron chi connectivity index (χ3n) is 4.63. The molecule has 4 heteroatoms. The molecule has 0 amide bonds. The van der Waals surface area contributed by atoms with Gasteiger partial charge in [-0.15, -0.1) is 0 Å². The molecule has 1 aliphatic heterocycles. The van der Waals surface area contributed by atoms with Crippen molar-refractivity contribution in [3.8, 4) is 0 Å². The molecule has 2 unspecified atom stereocenters. The molecule has 100 valence electrons. The van der Waals surface area contributed by atoms with Crippen molar-refractivity contribution in [1.82, 2.24) is 15.1 Å². The predicted octanol–water partition coefficient (Wildman–Crippen LogP) is 2.03. The Morgan fingerprint density at radius 3 is 2.94 bits per heavy atom. The average molecular weight is 249 g/mol. The van der Waals surface area contributed by atoms with Gasteiger partial charge in [-0.3, -0.25) is 4.68 Å². The van der Waals surface area contributed by atoms with E-state index in [1.807, 2.05) is 25.0 Å². The van der Waals surface area contributed by atoms with Crippen LogP contribution in [-0.2, 0) is 11.8 Å². The van der Waals surface area contributed by atoms with Crippen LogP contribution >= 0.6 is 0 Å². The van der Waals surface area contributed by atoms with Crippen LogP contribution in [0.3, 0.4) is 0 Å². The summed E-state index contributed by atoms with van der Waals surface area (Å²) in [5, 5.41) is 8.02. The van der Waals surface area contributed by atoms with Crippen molar-refractivity contribution in [3.05, 3.63) is 18.0 Å². The molecule has 18 heavy (non-hydrogen) atoms. The largest absolute Gasteiger partial charge is 0.375 e. The Morgan fingerprint density at radius 1 is 1.56 bits per heavy atom. The summed E-state index contributed by atoms with van der Waals surface area (Å²) in [7, 11) is 4.02. The van der Waals surface area contributed by atoms with Gasteiger partial charge in [0.15, 0.2) is 0 Å². The van der Waals surface area contributed by atoms with Crippen LogP contribution in [0.1, 0.15) is 43.8 Å². The summed E-state index contributed by atoms with van der Waals surface area (Å²) in [4.78, 5) is 0. The Morgan fingerprint density at radius 2 is 2.39 bits per heavy atom. The van der Waals surface area contributed by atoms with Gasteiger partial charge >= 0.3 is 0 Å². The zero-order chi connectivity index (χ0) is 12.6. The highest BCUT2D eigenvalue weighted by atomic mass is 16.5. The van der Waals surface area contributed by atoms with E-state index in [1.54, 1.807) is 0 Å². The van der Waals surface area contributed by atoms with Gasteiger partial charge in [-0.1, -0.05) is 0 Å². The van der Waals surface area contributed by atoms with Crippen molar-refractivity contribution in [2.45, 2.75) is 43.7 Å². The Labute approximate surface area is 109 Å². The van der Waals surface area contributed by atoms with Gasteiger partial charge in [0.25, 0.3) is 0 Å². The van der Waals surface area contributed by atoms with Gasteiger partial charge in [-0.05, 0) is 51.1 Å². The van der Waals surface area contributed by atoms with E-state index in [2.05, 4.69) is 16.5 Å². The van der Waals surface area contributed by atoms with E-state index in [-0.39, 0.29) is 5.60 Å². The maximum atomic E-state index is 6.01. The van der Waals surface area contributed by atoms with Crippen molar-refractivity contribution >= 4 is 0 Å². The number of nitrogens with zero attached hydrogens (tertiary/aromatic N) is 2. The summed E-state index contributed by atoms with van der Waals surface area (Å²) in [6.45, 7) is 0.912. The monoisotopic (exact) mass is 249 g/mol. The molecule has 0 bridgehead atoms. The maximum absolute atomic E-state index is 6.01. The SMILES string of the molecule is CNC(c1ccn(C)n1)C1CCOC2(CCC2)C1. The number of aryl methyl sites for hydroxylation is 1. The van der Waals surface area contributed by atoms with Crippen LogP contribution in [0.5, 0.6) is 0 Å². The molecule has 1 spiro atoms. The van der Waals surface area contributed by atoms with E-state index in [0.717, 1.165) is 13.0 Å². The molecule has 4 nitrogen and oxygen atoms in total. The molecule has 1 saturated heterocycles. The smallest absolute Gasteiger partial charge is 0.0796 e. The van der Waals surface area contributed by atoms with Gasteiger partial charge in [0.2, 0.25) is 0 Å². The first-order valence-electron chi connectivity index (χ1n) is 7.03. The van der Waals surface area contributed by atoms with Crippen LogP contribution in [0.2, 0.25) is 0 Å². The number of ether oxygens (including phenoxy) is 1. The van der Waals surface area contributed by atoms with E-state index >= 15 is 0 Å². The van der Waals surface area contributed by atoms with Gasteiger partial charge in [0, 0.05) is 19.9 Å². The molecule has 2 aliphatic rings. The van der Waals surface area contributed by atoms with Gasteiger partial charge in [0.1, 0.15) is 0 Å². The molecule has 1 aromatic heterocycles. The normalized spacial score (nSPS) is 28.0. The molecule has 3 rings (SSSR count). The van der Waals surface area contributed by atoms with Crippen LogP contribution < -0.4 is 5.32 Å². The molecule has 2 heterocycles. The molecule has 2 fully saturated rings. The standard InChI is InChI=1S/C14H23N3O/c1-15-13(12-4-8-17(2)16-12)11-5-9-18-14(10-11)6-3-7-14/h4,8,11,13,15H,3,5-7,9-10H2,1-2H3. The number of hydrogen-bond donors (Lipinski definition) is 1. The lowest BCUT2D eigenvalue weighted by Gasteiger charge is -2.48. The molecule has 1 saturated carbocycles. The van der Waals surface area contributed by atoms with E-state index < -0.39 is 0 Å². The number of nitrogens with one attached hydrogen (secondary N) is 1. The lowest BCUT2D eigenvalue weighted by Crippen LogP contribution is -2.47. The summed E-state index contributed by atoms with van der Waals surface area (Å²) in [6.07, 6.45) is 8.20. The molecule has 0 aromatic carbocycles. The van der Waals surface area contributed by atoms with E-state index in [1.165, 1.54) is 31.4 Å². The summed E-state index contributed by atoms with van der Waals surface area (Å²) in [5.74, 6) is 0.652. The fourth-order valence-corrected chi connectivity index (χ4v) is 3.49. The molecule has 1 aliphatic carbocycles. The van der Waals surface area contributed by atoms with Crippen molar-refractivity contribution in [1.29, 1.82) is 0 Å². The fraction of sp³-hybridized carbons (Fsp3) is 0.786. The van der Waals surface area contributed by atoms with Crippen LogP contribution in [0.25, 0.3) is 0 Å². The van der Waals surface area contributed by atoms with Crippen molar-refractivity contribution < 1.29 is 4.74 Å². The second kappa shape index (κ2) is 4.67. The average Bonchev–Trinajstić information content (AvgIpc) is 2.75. The quantitative estimate of drug-likeness (QED) is 0.891. The second-order valence-electron chi connectivity index (χ2n) is 5.82. The van der Waals surface area contributed by atoms with Crippen molar-refractivity contribution in [2.75, 3.05) is 13.7 Å². The first kappa shape index (κ1) is 12.2. The highest BCUT2D eigenvalue weighted by molar-refractivity contribution is 5.09. The first-order chi connectivity index (χ1) is 8.72. The van der Waals surface area contributed by atoms with Crippen LogP contribution in [0.4, 0.5) is 0 Å². The topological polar surface area (TPSA) is 39.1 Å². The first-order valence-corrected chi connectivity index (χ1v) is 7.03. The summed E-state index contributed by atoms with van der Waals surface area (Å²) in [6, 6.07) is 2.50. The van der Waals surface area contributed by atoms with E-state index in [9.17, 15) is 0 Å². The minimum atomic E-state index is 0.215. The Kier molecular flexibility index (Phi) is 3.16. The second-order valence-corrected chi connectivity index (χ2v) is 5.82. The van der Waals surface area contributed by atoms with Crippen LogP contribution in [0, 0.1) is 5.92 Å². The van der Waals surface area contributed by atoms with Crippen LogP contribution in [0.15, 0.2) is 12.3 Å². The number of hydrogen-bond acceptors (Lipinski definition) is 3. The molecular weight excluding hydrogens is 226 g/mol. The minimum absolute atomic E-state index is 0.215. The Bertz CT molecular complexity index is 411. The van der Waals surface area contributed by atoms with Gasteiger partial charge in [-0.2, -0.15) is 5.10 Å². The lowest BCUT2D eigenvalue weighted by molar-refractivity contribution is -0.147. The third kappa shape index (κ3) is 2.08. The van der Waals surface area contributed by atoms with Crippen molar-refractivity contribution in [2.24, 2.45) is 13.0 Å². The molecule has 2 atom stereocenters. The predicted molar refractivity (Wildman–Crippen MR) is 70.3 cm³/mol. The van der Waals surface area contributed by atoms with Gasteiger partial charge in [0.05, 0.1) is 17.3 Å². The van der Waals surface area contributed by atoms with Gasteiger partial charge in [-0.25, -0.2) is 0 Å². The lowest BCUT2D eigenvalue weighted by atomic mass is 9.70. The highest BCUT2D eigenvalue weighted by Gasteiger charge is 2.44. The van der Waals surface area contributed by atoms with Crippen LogP contribution in [-0.4, -0.2) is 29.0 Å². The third-order valence-corrected chi connectivity index (χ3v) is 4.63.